The lowest BCUT2D eigenvalue weighted by molar-refractivity contribution is 0.403. The Hall–Kier alpha value is -0.570. The molecule has 10 heavy (non-hydrogen) atoms. The Balaban J connectivity index is 3.20. The molecule has 0 unspecified atom stereocenters. The Bertz CT molecular complexity index is 107. The molecule has 0 aromatic rings. The third kappa shape index (κ3) is 5.56. The predicted octanol–water partition coefficient (Wildman–Crippen LogP) is 0.315. The molecule has 0 saturated carbocycles. The molecule has 0 aromatic heterocycles. The molecule has 0 aromatic carbocycles. The lowest BCUT2D eigenvalue weighted by atomic mass is 10.3. The highest BCUT2D eigenvalue weighted by molar-refractivity contribution is 5.79. The van der Waals surface area contributed by atoms with Gasteiger partial charge >= 0.3 is 0 Å². The average molecular weight is 143 g/mol. The first kappa shape index (κ1) is 9.43. The summed E-state index contributed by atoms with van der Waals surface area (Å²) < 4.78 is 0. The van der Waals surface area contributed by atoms with E-state index in [1.165, 1.54) is 0 Å². The Morgan fingerprint density at radius 2 is 2.10 bits per heavy atom. The van der Waals surface area contributed by atoms with Crippen molar-refractivity contribution >= 4 is 5.84 Å². The summed E-state index contributed by atoms with van der Waals surface area (Å²) >= 11 is 0. The van der Waals surface area contributed by atoms with E-state index in [1.807, 2.05) is 0 Å². The topological polar surface area (TPSA) is 41.6 Å². The van der Waals surface area contributed by atoms with Crippen LogP contribution in [-0.2, 0) is 0 Å². The second kappa shape index (κ2) is 5.23. The van der Waals surface area contributed by atoms with E-state index in [4.69, 9.17) is 5.73 Å². The van der Waals surface area contributed by atoms with Crippen molar-refractivity contribution in [2.24, 2.45) is 10.7 Å². The van der Waals surface area contributed by atoms with E-state index in [2.05, 4.69) is 24.0 Å². The van der Waals surface area contributed by atoms with Crippen molar-refractivity contribution in [3.63, 3.8) is 0 Å². The lowest BCUT2D eigenvalue weighted by Gasteiger charge is -2.07. The smallest absolute Gasteiger partial charge is 0.0934 e. The van der Waals surface area contributed by atoms with Crippen LogP contribution in [-0.4, -0.2) is 38.4 Å². The van der Waals surface area contributed by atoms with Crippen LogP contribution in [0.5, 0.6) is 0 Å². The van der Waals surface area contributed by atoms with Crippen molar-refractivity contribution in [3.05, 3.63) is 0 Å². The van der Waals surface area contributed by atoms with Gasteiger partial charge in [0.2, 0.25) is 0 Å². The minimum atomic E-state index is 0.752. The molecule has 0 amide bonds. The number of nitrogens with two attached hydrogens (primary N) is 1. The third-order valence-corrected chi connectivity index (χ3v) is 1.33. The third-order valence-electron chi connectivity index (χ3n) is 1.33. The molecule has 0 aliphatic rings. The van der Waals surface area contributed by atoms with Crippen molar-refractivity contribution in [3.8, 4) is 0 Å². The number of hydrogen-bond acceptors (Lipinski definition) is 2. The van der Waals surface area contributed by atoms with Gasteiger partial charge < -0.3 is 10.6 Å². The Morgan fingerprint density at radius 3 is 2.50 bits per heavy atom. The molecule has 0 fully saturated rings. The van der Waals surface area contributed by atoms with E-state index < -0.39 is 0 Å². The van der Waals surface area contributed by atoms with Crippen LogP contribution in [0.1, 0.15) is 12.8 Å². The fraction of sp³-hybridized carbons (Fsp3) is 0.857. The molecule has 0 rings (SSSR count). The van der Waals surface area contributed by atoms with Gasteiger partial charge in [0.25, 0.3) is 0 Å². The van der Waals surface area contributed by atoms with Gasteiger partial charge in [-0.3, -0.25) is 4.99 Å². The summed E-state index contributed by atoms with van der Waals surface area (Å²) in [5.74, 6) is 0.752. The fourth-order valence-corrected chi connectivity index (χ4v) is 0.688. The Morgan fingerprint density at radius 1 is 1.50 bits per heavy atom. The molecule has 0 radical (unpaired) electrons. The summed E-state index contributed by atoms with van der Waals surface area (Å²) in [5.41, 5.74) is 5.49. The van der Waals surface area contributed by atoms with Gasteiger partial charge in [0.1, 0.15) is 0 Å². The van der Waals surface area contributed by atoms with E-state index in [0.29, 0.717) is 0 Å². The summed E-state index contributed by atoms with van der Waals surface area (Å²) in [6.07, 6.45) is 2.00. The molecule has 0 saturated heterocycles. The van der Waals surface area contributed by atoms with Crippen molar-refractivity contribution in [1.29, 1.82) is 0 Å². The van der Waals surface area contributed by atoms with Gasteiger partial charge in [-0.05, 0) is 27.1 Å². The van der Waals surface area contributed by atoms with E-state index >= 15 is 0 Å². The van der Waals surface area contributed by atoms with E-state index in [9.17, 15) is 0 Å². The van der Waals surface area contributed by atoms with E-state index in [-0.39, 0.29) is 0 Å². The van der Waals surface area contributed by atoms with Crippen molar-refractivity contribution < 1.29 is 0 Å². The normalized spacial score (nSPS) is 12.6. The van der Waals surface area contributed by atoms with Crippen LogP contribution < -0.4 is 5.73 Å². The predicted molar refractivity (Wildman–Crippen MR) is 45.3 cm³/mol. The SMILES string of the molecule is CN=C(N)CCCN(C)C. The minimum absolute atomic E-state index is 0.752. The Labute approximate surface area is 62.9 Å². The highest BCUT2D eigenvalue weighted by atomic mass is 15.0. The molecular formula is C7H17N3. The van der Waals surface area contributed by atoms with Crippen LogP contribution in [0.25, 0.3) is 0 Å². The van der Waals surface area contributed by atoms with Gasteiger partial charge in [-0.1, -0.05) is 0 Å². The van der Waals surface area contributed by atoms with Crippen molar-refractivity contribution in [2.45, 2.75) is 12.8 Å². The van der Waals surface area contributed by atoms with Crippen LogP contribution in [0.15, 0.2) is 4.99 Å². The highest BCUT2D eigenvalue weighted by Gasteiger charge is 1.92. The van der Waals surface area contributed by atoms with Crippen LogP contribution in [0, 0.1) is 0 Å². The van der Waals surface area contributed by atoms with E-state index in [1.54, 1.807) is 7.05 Å². The minimum Gasteiger partial charge on any atom is -0.387 e. The molecule has 0 heterocycles. The number of rotatable bonds is 4. The monoisotopic (exact) mass is 143 g/mol. The highest BCUT2D eigenvalue weighted by Crippen LogP contribution is 1.89. The average Bonchev–Trinajstić information content (AvgIpc) is 1.87. The summed E-state index contributed by atoms with van der Waals surface area (Å²) in [7, 11) is 5.84. The van der Waals surface area contributed by atoms with Gasteiger partial charge in [0.15, 0.2) is 0 Å². The molecular weight excluding hydrogens is 126 g/mol. The zero-order valence-electron chi connectivity index (χ0n) is 7.09. The molecule has 60 valence electrons. The Kier molecular flexibility index (Phi) is 4.94. The zero-order chi connectivity index (χ0) is 7.98. The molecule has 0 aliphatic heterocycles. The standard InChI is InChI=1S/C7H17N3/c1-9-7(8)5-4-6-10(2)3/h4-6H2,1-3H3,(H2,8,9). The molecule has 0 spiro atoms. The summed E-state index contributed by atoms with van der Waals surface area (Å²) in [4.78, 5) is 6.00. The number of amidine groups is 1. The molecule has 0 bridgehead atoms. The molecule has 3 nitrogen and oxygen atoms in total. The lowest BCUT2D eigenvalue weighted by Crippen LogP contribution is -2.17. The molecule has 0 atom stereocenters. The first-order chi connectivity index (χ1) is 4.66. The largest absolute Gasteiger partial charge is 0.387 e. The molecule has 0 aliphatic carbocycles. The van der Waals surface area contributed by atoms with E-state index in [0.717, 1.165) is 25.2 Å². The second-order valence-electron chi connectivity index (χ2n) is 2.62. The summed E-state index contributed by atoms with van der Waals surface area (Å²) in [6, 6.07) is 0. The maximum atomic E-state index is 5.49. The van der Waals surface area contributed by atoms with Gasteiger partial charge in [0.05, 0.1) is 5.84 Å². The molecule has 2 N–H and O–H groups in total. The first-order valence-electron chi connectivity index (χ1n) is 3.52. The number of aliphatic imine (C=N–C) groups is 1. The van der Waals surface area contributed by atoms with Crippen LogP contribution in [0.2, 0.25) is 0 Å². The zero-order valence-corrected chi connectivity index (χ0v) is 7.09. The first-order valence-corrected chi connectivity index (χ1v) is 3.52. The fourth-order valence-electron chi connectivity index (χ4n) is 0.688. The van der Waals surface area contributed by atoms with Gasteiger partial charge in [-0.2, -0.15) is 0 Å². The van der Waals surface area contributed by atoms with Gasteiger partial charge in [0, 0.05) is 13.5 Å². The van der Waals surface area contributed by atoms with Crippen LogP contribution in [0.4, 0.5) is 0 Å². The second-order valence-corrected chi connectivity index (χ2v) is 2.62. The van der Waals surface area contributed by atoms with Crippen LogP contribution in [0.3, 0.4) is 0 Å². The molecule has 3 heteroatoms. The quantitative estimate of drug-likeness (QED) is 0.455. The maximum absolute atomic E-state index is 5.49. The number of nitrogens with zero attached hydrogens (tertiary/aromatic N) is 2. The van der Waals surface area contributed by atoms with Crippen LogP contribution >= 0.6 is 0 Å². The number of hydrogen-bond donors (Lipinski definition) is 1. The van der Waals surface area contributed by atoms with Gasteiger partial charge in [-0.25, -0.2) is 0 Å². The summed E-state index contributed by atoms with van der Waals surface area (Å²) in [6.45, 7) is 1.08. The van der Waals surface area contributed by atoms with Crippen molar-refractivity contribution in [2.75, 3.05) is 27.7 Å². The maximum Gasteiger partial charge on any atom is 0.0934 e. The van der Waals surface area contributed by atoms with Gasteiger partial charge in [-0.15, -0.1) is 0 Å². The summed E-state index contributed by atoms with van der Waals surface area (Å²) in [5, 5.41) is 0. The van der Waals surface area contributed by atoms with Crippen molar-refractivity contribution in [1.82, 2.24) is 4.90 Å².